The van der Waals surface area contributed by atoms with E-state index < -0.39 is 5.54 Å². The molecule has 1 saturated carbocycles. The first-order valence-electron chi connectivity index (χ1n) is 14.4. The van der Waals surface area contributed by atoms with Gasteiger partial charge in [0.25, 0.3) is 5.91 Å². The first-order valence-corrected chi connectivity index (χ1v) is 16.0. The molecule has 0 saturated heterocycles. The molecule has 0 radical (unpaired) electrons. The number of aromatic amines is 1. The lowest BCUT2D eigenvalue weighted by molar-refractivity contribution is 0.00952. The highest BCUT2D eigenvalue weighted by atomic mass is 35.5. The fraction of sp³-hybridized carbons (Fsp3) is 0.324. The van der Waals surface area contributed by atoms with Crippen LogP contribution >= 0.6 is 34.5 Å². The number of fused-ring (bicyclic) bond motifs is 5. The molecular formula is C34H33Cl2N3OS. The van der Waals surface area contributed by atoms with Crippen LogP contribution in [-0.2, 0) is 12.0 Å². The standard InChI is InChI=1S/C34H33Cl2N3OS/c1-38(2)30(21-11-13-23(35)14-12-21)22-15-18-34(19-16-22)32-25(24-7-3-5-9-27(24)37-32)17-20-39(34)33(40)31-29(36)26-8-4-6-10-28(26)41-31/h3-14,22,30,37H,15-20H2,1-2H3. The molecule has 1 atom stereocenters. The van der Waals surface area contributed by atoms with Crippen LogP contribution in [-0.4, -0.2) is 41.3 Å². The molecule has 7 heteroatoms. The van der Waals surface area contributed by atoms with Gasteiger partial charge in [0.2, 0.25) is 0 Å². The summed E-state index contributed by atoms with van der Waals surface area (Å²) in [6.07, 6.45) is 4.69. The minimum absolute atomic E-state index is 0.0563. The minimum atomic E-state index is -0.392. The number of H-pyrrole nitrogens is 1. The van der Waals surface area contributed by atoms with Crippen molar-refractivity contribution < 1.29 is 4.79 Å². The van der Waals surface area contributed by atoms with Gasteiger partial charge in [-0.2, -0.15) is 0 Å². The maximum atomic E-state index is 14.5. The summed E-state index contributed by atoms with van der Waals surface area (Å²) in [5.74, 6) is 0.525. The Balaban J connectivity index is 1.29. The van der Waals surface area contributed by atoms with E-state index in [1.165, 1.54) is 33.5 Å². The van der Waals surface area contributed by atoms with E-state index in [-0.39, 0.29) is 11.9 Å². The molecule has 3 heterocycles. The van der Waals surface area contributed by atoms with E-state index in [2.05, 4.69) is 65.3 Å². The molecule has 0 bridgehead atoms. The van der Waals surface area contributed by atoms with Crippen molar-refractivity contribution in [1.82, 2.24) is 14.8 Å². The van der Waals surface area contributed by atoms with Crippen LogP contribution < -0.4 is 0 Å². The minimum Gasteiger partial charge on any atom is -0.356 e. The second kappa shape index (κ2) is 10.5. The number of benzene rings is 3. The number of nitrogens with one attached hydrogen (secondary N) is 1. The molecule has 1 aliphatic heterocycles. The zero-order valence-electron chi connectivity index (χ0n) is 23.3. The van der Waals surface area contributed by atoms with Gasteiger partial charge in [-0.1, -0.05) is 71.7 Å². The van der Waals surface area contributed by atoms with Crippen LogP contribution in [0, 0.1) is 5.92 Å². The van der Waals surface area contributed by atoms with Gasteiger partial charge in [0.05, 0.1) is 10.6 Å². The Morgan fingerprint density at radius 1 is 0.976 bits per heavy atom. The first kappa shape index (κ1) is 27.0. The Labute approximate surface area is 254 Å². The van der Waals surface area contributed by atoms with Gasteiger partial charge in [-0.05, 0) is 87.5 Å². The summed E-state index contributed by atoms with van der Waals surface area (Å²) in [7, 11) is 4.33. The summed E-state index contributed by atoms with van der Waals surface area (Å²) in [4.78, 5) is 23.5. The summed E-state index contributed by atoms with van der Waals surface area (Å²) in [5.41, 5.74) is 4.64. The summed E-state index contributed by atoms with van der Waals surface area (Å²) >= 11 is 14.6. The molecule has 1 unspecified atom stereocenters. The highest BCUT2D eigenvalue weighted by Gasteiger charge is 2.50. The number of carbonyl (C=O) groups is 1. The van der Waals surface area contributed by atoms with Crippen molar-refractivity contribution >= 4 is 61.4 Å². The molecule has 5 aromatic rings. The van der Waals surface area contributed by atoms with E-state index >= 15 is 0 Å². The third kappa shape index (κ3) is 4.40. The largest absolute Gasteiger partial charge is 0.356 e. The number of rotatable bonds is 4. The van der Waals surface area contributed by atoms with Gasteiger partial charge in [0.15, 0.2) is 0 Å². The number of para-hydroxylation sites is 1. The van der Waals surface area contributed by atoms with Crippen LogP contribution in [0.1, 0.15) is 58.2 Å². The normalized spacial score (nSPS) is 21.6. The lowest BCUT2D eigenvalue weighted by Crippen LogP contribution is -2.55. The van der Waals surface area contributed by atoms with Crippen LogP contribution in [0.5, 0.6) is 0 Å². The van der Waals surface area contributed by atoms with Crippen LogP contribution in [0.4, 0.5) is 0 Å². The number of aromatic nitrogens is 1. The van der Waals surface area contributed by atoms with Crippen molar-refractivity contribution in [2.24, 2.45) is 5.92 Å². The molecule has 1 amide bonds. The van der Waals surface area contributed by atoms with E-state index in [4.69, 9.17) is 23.2 Å². The van der Waals surface area contributed by atoms with Crippen molar-refractivity contribution in [3.05, 3.63) is 105 Å². The molecule has 4 nitrogen and oxygen atoms in total. The van der Waals surface area contributed by atoms with Crippen molar-refractivity contribution in [3.63, 3.8) is 0 Å². The summed E-state index contributed by atoms with van der Waals surface area (Å²) in [6, 6.07) is 25.2. The smallest absolute Gasteiger partial charge is 0.266 e. The van der Waals surface area contributed by atoms with Crippen molar-refractivity contribution in [2.75, 3.05) is 20.6 Å². The van der Waals surface area contributed by atoms with Crippen LogP contribution in [0.15, 0.2) is 72.8 Å². The Bertz CT molecular complexity index is 1750. The predicted octanol–water partition coefficient (Wildman–Crippen LogP) is 9.08. The summed E-state index contributed by atoms with van der Waals surface area (Å²) < 4.78 is 1.05. The van der Waals surface area contributed by atoms with Crippen LogP contribution in [0.3, 0.4) is 0 Å². The topological polar surface area (TPSA) is 39.3 Å². The molecule has 1 N–H and O–H groups in total. The van der Waals surface area contributed by atoms with Gasteiger partial charge >= 0.3 is 0 Å². The third-order valence-electron chi connectivity index (χ3n) is 9.43. The van der Waals surface area contributed by atoms with E-state index in [1.54, 1.807) is 0 Å². The van der Waals surface area contributed by atoms with E-state index in [0.717, 1.165) is 52.7 Å². The van der Waals surface area contributed by atoms with Crippen LogP contribution in [0.25, 0.3) is 21.0 Å². The van der Waals surface area contributed by atoms with Crippen LogP contribution in [0.2, 0.25) is 10.0 Å². The monoisotopic (exact) mass is 601 g/mol. The van der Waals surface area contributed by atoms with E-state index in [1.807, 2.05) is 36.4 Å². The van der Waals surface area contributed by atoms with Gasteiger partial charge in [-0.3, -0.25) is 4.79 Å². The zero-order valence-corrected chi connectivity index (χ0v) is 25.6. The molecule has 1 spiro atoms. The quantitative estimate of drug-likeness (QED) is 0.223. The number of thiophene rings is 1. The van der Waals surface area contributed by atoms with Gasteiger partial charge in [0, 0.05) is 44.3 Å². The predicted molar refractivity (Wildman–Crippen MR) is 171 cm³/mol. The molecule has 1 aliphatic carbocycles. The van der Waals surface area contributed by atoms with Crippen molar-refractivity contribution in [2.45, 2.75) is 43.7 Å². The van der Waals surface area contributed by atoms with Crippen molar-refractivity contribution in [3.8, 4) is 0 Å². The summed E-state index contributed by atoms with van der Waals surface area (Å²) in [5, 5.41) is 3.58. The number of halogens is 2. The third-order valence-corrected chi connectivity index (χ3v) is 11.3. The van der Waals surface area contributed by atoms with Gasteiger partial charge in [0.1, 0.15) is 4.88 Å². The highest BCUT2D eigenvalue weighted by Crippen LogP contribution is 2.52. The maximum Gasteiger partial charge on any atom is 0.266 e. The fourth-order valence-corrected chi connectivity index (χ4v) is 9.19. The Morgan fingerprint density at radius 2 is 1.66 bits per heavy atom. The second-order valence-electron chi connectivity index (χ2n) is 11.8. The number of hydrogen-bond donors (Lipinski definition) is 1. The second-order valence-corrected chi connectivity index (χ2v) is 13.7. The molecule has 2 aliphatic rings. The number of nitrogens with zero attached hydrogens (tertiary/aromatic N) is 2. The highest BCUT2D eigenvalue weighted by molar-refractivity contribution is 7.21. The molecule has 7 rings (SSSR count). The SMILES string of the molecule is CN(C)C(c1ccc(Cl)cc1)C1CCC2(CC1)c1[nH]c3ccccc3c1CCN2C(=O)c1sc2ccccc2c1Cl. The maximum absolute atomic E-state index is 14.5. The summed E-state index contributed by atoms with van der Waals surface area (Å²) in [6.45, 7) is 0.692. The molecular weight excluding hydrogens is 569 g/mol. The van der Waals surface area contributed by atoms with E-state index in [9.17, 15) is 4.79 Å². The van der Waals surface area contributed by atoms with Gasteiger partial charge < -0.3 is 14.8 Å². The van der Waals surface area contributed by atoms with E-state index in [0.29, 0.717) is 22.4 Å². The zero-order chi connectivity index (χ0) is 28.3. The Hall–Kier alpha value is -2.83. The number of hydrogen-bond acceptors (Lipinski definition) is 3. The number of carbonyl (C=O) groups excluding carboxylic acids is 1. The Kier molecular flexibility index (Phi) is 6.90. The molecule has 3 aromatic carbocycles. The van der Waals surface area contributed by atoms with Crippen molar-refractivity contribution in [1.29, 1.82) is 0 Å². The fourth-order valence-electron chi connectivity index (χ4n) is 7.60. The molecule has 41 heavy (non-hydrogen) atoms. The molecule has 1 fully saturated rings. The van der Waals surface area contributed by atoms with Gasteiger partial charge in [-0.15, -0.1) is 11.3 Å². The Morgan fingerprint density at radius 3 is 2.37 bits per heavy atom. The lowest BCUT2D eigenvalue weighted by atomic mass is 9.68. The first-order chi connectivity index (χ1) is 19.9. The van der Waals surface area contributed by atoms with Gasteiger partial charge in [-0.25, -0.2) is 0 Å². The number of amides is 1. The molecule has 210 valence electrons. The average molecular weight is 603 g/mol. The lowest BCUT2D eigenvalue weighted by Gasteiger charge is -2.51. The average Bonchev–Trinajstić information content (AvgIpc) is 3.54. The molecule has 2 aromatic heterocycles.